The van der Waals surface area contributed by atoms with Gasteiger partial charge < -0.3 is 0 Å². The standard InChI is InChI=1S/C13H24O/c1-10(11(2)14)13(6,7)9-8-12(3,4)5/h8-10H,1-7H3/b9-8+. The highest BCUT2D eigenvalue weighted by Crippen LogP contribution is 2.30. The molecule has 0 aromatic carbocycles. The van der Waals surface area contributed by atoms with Crippen molar-refractivity contribution in [3.05, 3.63) is 12.2 Å². The monoisotopic (exact) mass is 196 g/mol. The number of Topliss-reactive ketones (excluding diaryl/α,β-unsaturated/α-hetero) is 1. The zero-order chi connectivity index (χ0) is 11.6. The molecular weight excluding hydrogens is 172 g/mol. The third kappa shape index (κ3) is 4.59. The number of ketones is 1. The lowest BCUT2D eigenvalue weighted by molar-refractivity contribution is -0.122. The summed E-state index contributed by atoms with van der Waals surface area (Å²) in [5.41, 5.74) is 0.146. The van der Waals surface area contributed by atoms with Crippen LogP contribution < -0.4 is 0 Å². The number of allylic oxidation sites excluding steroid dienone is 2. The van der Waals surface area contributed by atoms with E-state index in [0.29, 0.717) is 0 Å². The fourth-order valence-corrected chi connectivity index (χ4v) is 1.13. The van der Waals surface area contributed by atoms with Crippen LogP contribution in [0, 0.1) is 16.7 Å². The number of rotatable bonds is 3. The van der Waals surface area contributed by atoms with Crippen LogP contribution in [0.3, 0.4) is 0 Å². The highest BCUT2D eigenvalue weighted by molar-refractivity contribution is 5.78. The molecule has 0 rings (SSSR count). The van der Waals surface area contributed by atoms with E-state index in [2.05, 4.69) is 46.8 Å². The predicted octanol–water partition coefficient (Wildman–Crippen LogP) is 3.84. The van der Waals surface area contributed by atoms with Gasteiger partial charge in [-0.2, -0.15) is 0 Å². The van der Waals surface area contributed by atoms with Crippen molar-refractivity contribution in [2.24, 2.45) is 16.7 Å². The van der Waals surface area contributed by atoms with Crippen LogP contribution in [-0.2, 0) is 4.79 Å². The fourth-order valence-electron chi connectivity index (χ4n) is 1.13. The molecule has 82 valence electrons. The summed E-state index contributed by atoms with van der Waals surface area (Å²) in [5, 5.41) is 0. The average molecular weight is 196 g/mol. The van der Waals surface area contributed by atoms with E-state index >= 15 is 0 Å². The molecule has 0 aromatic rings. The highest BCUT2D eigenvalue weighted by atomic mass is 16.1. The third-order valence-electron chi connectivity index (χ3n) is 2.74. The summed E-state index contributed by atoms with van der Waals surface area (Å²) >= 11 is 0. The third-order valence-corrected chi connectivity index (χ3v) is 2.74. The molecule has 14 heavy (non-hydrogen) atoms. The second kappa shape index (κ2) is 4.29. The molecule has 0 saturated heterocycles. The molecule has 0 fully saturated rings. The summed E-state index contributed by atoms with van der Waals surface area (Å²) in [6, 6.07) is 0. The normalized spacial score (nSPS) is 15.9. The van der Waals surface area contributed by atoms with Crippen molar-refractivity contribution < 1.29 is 4.79 Å². The molecule has 0 aliphatic heterocycles. The zero-order valence-corrected chi connectivity index (χ0v) is 10.6. The zero-order valence-electron chi connectivity index (χ0n) is 10.6. The molecular formula is C13H24O. The van der Waals surface area contributed by atoms with E-state index in [-0.39, 0.29) is 22.5 Å². The quantitative estimate of drug-likeness (QED) is 0.627. The molecule has 1 heteroatoms. The number of carbonyl (C=O) groups is 1. The van der Waals surface area contributed by atoms with Crippen LogP contribution in [0.4, 0.5) is 0 Å². The lowest BCUT2D eigenvalue weighted by Crippen LogP contribution is -2.25. The summed E-state index contributed by atoms with van der Waals surface area (Å²) in [5.74, 6) is 0.342. The van der Waals surface area contributed by atoms with Gasteiger partial charge in [0.05, 0.1) is 0 Å². The molecule has 0 bridgehead atoms. The van der Waals surface area contributed by atoms with Crippen LogP contribution in [0.5, 0.6) is 0 Å². The largest absolute Gasteiger partial charge is 0.300 e. The second-order valence-corrected chi connectivity index (χ2v) is 5.85. The number of carbonyl (C=O) groups excluding carboxylic acids is 1. The molecule has 0 spiro atoms. The van der Waals surface area contributed by atoms with Crippen molar-refractivity contribution in [3.8, 4) is 0 Å². The first-order valence-corrected chi connectivity index (χ1v) is 5.27. The van der Waals surface area contributed by atoms with E-state index in [1.165, 1.54) is 0 Å². The van der Waals surface area contributed by atoms with Crippen molar-refractivity contribution in [3.63, 3.8) is 0 Å². The second-order valence-electron chi connectivity index (χ2n) is 5.85. The lowest BCUT2D eigenvalue weighted by atomic mass is 9.76. The van der Waals surface area contributed by atoms with Crippen molar-refractivity contribution in [2.75, 3.05) is 0 Å². The Morgan fingerprint density at radius 3 is 1.79 bits per heavy atom. The molecule has 0 radical (unpaired) electrons. The van der Waals surface area contributed by atoms with Gasteiger partial charge in [-0.1, -0.05) is 53.7 Å². The van der Waals surface area contributed by atoms with Crippen LogP contribution >= 0.6 is 0 Å². The summed E-state index contributed by atoms with van der Waals surface area (Å²) in [6.07, 6.45) is 4.35. The van der Waals surface area contributed by atoms with Crippen molar-refractivity contribution in [1.82, 2.24) is 0 Å². The maximum Gasteiger partial charge on any atom is 0.133 e. The van der Waals surface area contributed by atoms with Gasteiger partial charge in [-0.25, -0.2) is 0 Å². The van der Waals surface area contributed by atoms with E-state index in [1.54, 1.807) is 6.92 Å². The summed E-state index contributed by atoms with van der Waals surface area (Å²) in [6.45, 7) is 14.4. The molecule has 0 aliphatic rings. The topological polar surface area (TPSA) is 17.1 Å². The first-order chi connectivity index (χ1) is 6.06. The van der Waals surface area contributed by atoms with Crippen LogP contribution in [0.25, 0.3) is 0 Å². The number of hydrogen-bond donors (Lipinski definition) is 0. The van der Waals surface area contributed by atoms with Gasteiger partial charge in [0.25, 0.3) is 0 Å². The molecule has 1 atom stereocenters. The van der Waals surface area contributed by atoms with Gasteiger partial charge in [-0.3, -0.25) is 4.79 Å². The summed E-state index contributed by atoms with van der Waals surface area (Å²) < 4.78 is 0. The number of hydrogen-bond acceptors (Lipinski definition) is 1. The molecule has 0 heterocycles. The minimum atomic E-state index is -0.0425. The van der Waals surface area contributed by atoms with Gasteiger partial charge in [-0.05, 0) is 17.8 Å². The Morgan fingerprint density at radius 2 is 1.50 bits per heavy atom. The highest BCUT2D eigenvalue weighted by Gasteiger charge is 2.26. The first-order valence-electron chi connectivity index (χ1n) is 5.27. The van der Waals surface area contributed by atoms with Crippen LogP contribution in [0.15, 0.2) is 12.2 Å². The minimum Gasteiger partial charge on any atom is -0.300 e. The SMILES string of the molecule is CC(=O)C(C)C(C)(C)/C=C/C(C)(C)C. The predicted molar refractivity (Wildman–Crippen MR) is 62.2 cm³/mol. The van der Waals surface area contributed by atoms with Gasteiger partial charge in [0.15, 0.2) is 0 Å². The Labute approximate surface area is 88.6 Å². The smallest absolute Gasteiger partial charge is 0.133 e. The van der Waals surface area contributed by atoms with E-state index < -0.39 is 0 Å². The van der Waals surface area contributed by atoms with Gasteiger partial charge in [0.2, 0.25) is 0 Å². The molecule has 1 nitrogen and oxygen atoms in total. The van der Waals surface area contributed by atoms with Crippen molar-refractivity contribution in [2.45, 2.75) is 48.5 Å². The van der Waals surface area contributed by atoms with Gasteiger partial charge in [-0.15, -0.1) is 0 Å². The fraction of sp³-hybridized carbons (Fsp3) is 0.769. The molecule has 0 aliphatic carbocycles. The average Bonchev–Trinajstić information content (AvgIpc) is 1.98. The van der Waals surface area contributed by atoms with E-state index in [1.807, 2.05) is 6.92 Å². The maximum atomic E-state index is 11.3. The maximum absolute atomic E-state index is 11.3. The Bertz CT molecular complexity index is 228. The lowest BCUT2D eigenvalue weighted by Gasteiger charge is -2.27. The summed E-state index contributed by atoms with van der Waals surface area (Å²) in [7, 11) is 0. The van der Waals surface area contributed by atoms with Gasteiger partial charge >= 0.3 is 0 Å². The molecule has 1 unspecified atom stereocenters. The summed E-state index contributed by atoms with van der Waals surface area (Å²) in [4.78, 5) is 11.3. The van der Waals surface area contributed by atoms with Gasteiger partial charge in [0.1, 0.15) is 5.78 Å². The van der Waals surface area contributed by atoms with E-state index in [9.17, 15) is 4.79 Å². The van der Waals surface area contributed by atoms with Crippen LogP contribution in [0.2, 0.25) is 0 Å². The molecule has 0 N–H and O–H groups in total. The van der Waals surface area contributed by atoms with Crippen LogP contribution in [0.1, 0.15) is 48.5 Å². The Kier molecular flexibility index (Phi) is 4.11. The van der Waals surface area contributed by atoms with Crippen molar-refractivity contribution >= 4 is 5.78 Å². The van der Waals surface area contributed by atoms with E-state index in [0.717, 1.165) is 0 Å². The van der Waals surface area contributed by atoms with E-state index in [4.69, 9.17) is 0 Å². The van der Waals surface area contributed by atoms with Crippen LogP contribution in [-0.4, -0.2) is 5.78 Å². The minimum absolute atomic E-state index is 0.0425. The Hall–Kier alpha value is -0.590. The Morgan fingerprint density at radius 1 is 1.07 bits per heavy atom. The van der Waals surface area contributed by atoms with Gasteiger partial charge in [0, 0.05) is 5.92 Å². The Balaban J connectivity index is 4.64. The first kappa shape index (κ1) is 13.4. The molecule has 0 aromatic heterocycles. The van der Waals surface area contributed by atoms with Crippen molar-refractivity contribution in [1.29, 1.82) is 0 Å². The molecule has 0 saturated carbocycles. The molecule has 0 amide bonds.